The maximum atomic E-state index is 11.4. The summed E-state index contributed by atoms with van der Waals surface area (Å²) < 4.78 is 10.4. The van der Waals surface area contributed by atoms with E-state index in [1.165, 1.54) is 0 Å². The molecule has 0 radical (unpaired) electrons. The number of ether oxygens (including phenoxy) is 2. The molecule has 2 rings (SSSR count). The van der Waals surface area contributed by atoms with Crippen molar-refractivity contribution in [2.45, 2.75) is 6.04 Å². The average molecular weight is 251 g/mol. The minimum atomic E-state index is -0.467. The van der Waals surface area contributed by atoms with Crippen LogP contribution in [0.1, 0.15) is 0 Å². The van der Waals surface area contributed by atoms with E-state index < -0.39 is 11.9 Å². The van der Waals surface area contributed by atoms with E-state index in [-0.39, 0.29) is 0 Å². The molecule has 1 fully saturated rings. The Kier molecular flexibility index (Phi) is 3.57. The number of nitrogen functional groups attached to an aromatic ring is 1. The van der Waals surface area contributed by atoms with E-state index in [2.05, 4.69) is 0 Å². The highest BCUT2D eigenvalue weighted by Crippen LogP contribution is 2.27. The zero-order valence-electron chi connectivity index (χ0n) is 10.3. The Morgan fingerprint density at radius 2 is 2.28 bits per heavy atom. The fourth-order valence-electron chi connectivity index (χ4n) is 2.04. The van der Waals surface area contributed by atoms with Crippen LogP contribution in [-0.2, 0) is 9.53 Å². The Bertz CT molecular complexity index is 450. The first-order chi connectivity index (χ1) is 8.61. The zero-order valence-corrected chi connectivity index (χ0v) is 10.3. The van der Waals surface area contributed by atoms with Gasteiger partial charge in [0.1, 0.15) is 11.8 Å². The number of nitrogens with two attached hydrogens (primary N) is 2. The summed E-state index contributed by atoms with van der Waals surface area (Å²) in [4.78, 5) is 13.3. The van der Waals surface area contributed by atoms with Gasteiger partial charge in [-0.1, -0.05) is 0 Å². The third-order valence-electron chi connectivity index (χ3n) is 2.94. The van der Waals surface area contributed by atoms with Crippen LogP contribution in [0.2, 0.25) is 0 Å². The van der Waals surface area contributed by atoms with Gasteiger partial charge in [0.15, 0.2) is 0 Å². The molecule has 18 heavy (non-hydrogen) atoms. The number of primary amides is 1. The number of rotatable bonds is 3. The molecule has 0 saturated carbocycles. The predicted molar refractivity (Wildman–Crippen MR) is 68.6 cm³/mol. The largest absolute Gasteiger partial charge is 0.497 e. The quantitative estimate of drug-likeness (QED) is 0.736. The number of carbonyl (C=O) groups excluding carboxylic acids is 1. The number of morpholine rings is 1. The second kappa shape index (κ2) is 5.14. The van der Waals surface area contributed by atoms with Crippen molar-refractivity contribution in [1.29, 1.82) is 0 Å². The lowest BCUT2D eigenvalue weighted by Crippen LogP contribution is -2.52. The molecule has 0 spiro atoms. The van der Waals surface area contributed by atoms with Gasteiger partial charge in [-0.05, 0) is 6.07 Å². The lowest BCUT2D eigenvalue weighted by Gasteiger charge is -2.35. The molecule has 1 saturated heterocycles. The number of hydrogen-bond acceptors (Lipinski definition) is 5. The van der Waals surface area contributed by atoms with Crippen LogP contribution < -0.4 is 21.1 Å². The number of anilines is 2. The summed E-state index contributed by atoms with van der Waals surface area (Å²) in [6.07, 6.45) is 0. The van der Waals surface area contributed by atoms with Crippen LogP contribution in [0.5, 0.6) is 5.75 Å². The van der Waals surface area contributed by atoms with E-state index in [1.54, 1.807) is 19.2 Å². The highest BCUT2D eigenvalue weighted by molar-refractivity contribution is 5.84. The Balaban J connectivity index is 2.33. The van der Waals surface area contributed by atoms with Crippen molar-refractivity contribution in [3.8, 4) is 5.75 Å². The number of hydrogen-bond donors (Lipinski definition) is 2. The van der Waals surface area contributed by atoms with Gasteiger partial charge >= 0.3 is 0 Å². The molecule has 1 atom stereocenters. The molecule has 1 amide bonds. The summed E-state index contributed by atoms with van der Waals surface area (Å²) in [6, 6.07) is 4.88. The summed E-state index contributed by atoms with van der Waals surface area (Å²) in [5.74, 6) is 0.246. The molecular formula is C12H17N3O3. The Morgan fingerprint density at radius 3 is 2.94 bits per heavy atom. The Morgan fingerprint density at radius 1 is 1.50 bits per heavy atom. The molecule has 1 unspecified atom stereocenters. The van der Waals surface area contributed by atoms with Crippen molar-refractivity contribution in [1.82, 2.24) is 0 Å². The zero-order chi connectivity index (χ0) is 13.1. The maximum Gasteiger partial charge on any atom is 0.242 e. The van der Waals surface area contributed by atoms with Crippen LogP contribution in [-0.4, -0.2) is 38.8 Å². The first kappa shape index (κ1) is 12.5. The SMILES string of the molecule is COc1cc(N)cc(N2CCOCC2C(N)=O)c1. The molecule has 0 aromatic heterocycles. The summed E-state index contributed by atoms with van der Waals surface area (Å²) in [7, 11) is 1.57. The van der Waals surface area contributed by atoms with Crippen LogP contribution >= 0.6 is 0 Å². The van der Waals surface area contributed by atoms with Crippen molar-refractivity contribution in [2.75, 3.05) is 37.5 Å². The first-order valence-electron chi connectivity index (χ1n) is 5.70. The van der Waals surface area contributed by atoms with Crippen molar-refractivity contribution in [3.63, 3.8) is 0 Å². The molecule has 1 aromatic rings. The number of nitrogens with zero attached hydrogens (tertiary/aromatic N) is 1. The third kappa shape index (κ3) is 2.48. The second-order valence-corrected chi connectivity index (χ2v) is 4.15. The molecule has 4 N–H and O–H groups in total. The van der Waals surface area contributed by atoms with Gasteiger partial charge in [-0.3, -0.25) is 4.79 Å². The van der Waals surface area contributed by atoms with Crippen LogP contribution in [0.3, 0.4) is 0 Å². The van der Waals surface area contributed by atoms with Crippen molar-refractivity contribution in [2.24, 2.45) is 5.73 Å². The molecule has 1 aliphatic heterocycles. The van der Waals surface area contributed by atoms with Crippen LogP contribution in [0.25, 0.3) is 0 Å². The van der Waals surface area contributed by atoms with Gasteiger partial charge in [0, 0.05) is 30.1 Å². The number of amides is 1. The molecule has 6 heteroatoms. The van der Waals surface area contributed by atoms with E-state index in [1.807, 2.05) is 11.0 Å². The van der Waals surface area contributed by atoms with Crippen LogP contribution in [0.4, 0.5) is 11.4 Å². The van der Waals surface area contributed by atoms with Gasteiger partial charge in [-0.15, -0.1) is 0 Å². The van der Waals surface area contributed by atoms with E-state index in [0.717, 1.165) is 5.69 Å². The van der Waals surface area contributed by atoms with E-state index in [9.17, 15) is 4.79 Å². The van der Waals surface area contributed by atoms with E-state index in [4.69, 9.17) is 20.9 Å². The summed E-state index contributed by atoms with van der Waals surface area (Å²) in [5, 5.41) is 0. The Labute approximate surface area is 105 Å². The van der Waals surface area contributed by atoms with E-state index in [0.29, 0.717) is 31.2 Å². The molecule has 6 nitrogen and oxygen atoms in total. The minimum Gasteiger partial charge on any atom is -0.497 e. The van der Waals surface area contributed by atoms with Crippen molar-refractivity contribution in [3.05, 3.63) is 18.2 Å². The monoisotopic (exact) mass is 251 g/mol. The smallest absolute Gasteiger partial charge is 0.242 e. The molecule has 1 aliphatic rings. The lowest BCUT2D eigenvalue weighted by atomic mass is 10.1. The first-order valence-corrected chi connectivity index (χ1v) is 5.70. The van der Waals surface area contributed by atoms with Crippen molar-refractivity contribution >= 4 is 17.3 Å². The van der Waals surface area contributed by atoms with Gasteiger partial charge < -0.3 is 25.8 Å². The predicted octanol–water partition coefficient (Wildman–Crippen LogP) is -0.0321. The van der Waals surface area contributed by atoms with Crippen LogP contribution in [0, 0.1) is 0 Å². The standard InChI is InChI=1S/C12H17N3O3/c1-17-10-5-8(13)4-9(6-10)15-2-3-18-7-11(15)12(14)16/h4-6,11H,2-3,7,13H2,1H3,(H2,14,16). The van der Waals surface area contributed by atoms with Gasteiger partial charge in [0.2, 0.25) is 5.91 Å². The van der Waals surface area contributed by atoms with Gasteiger partial charge in [-0.25, -0.2) is 0 Å². The van der Waals surface area contributed by atoms with Gasteiger partial charge in [0.05, 0.1) is 20.3 Å². The van der Waals surface area contributed by atoms with Crippen LogP contribution in [0.15, 0.2) is 18.2 Å². The van der Waals surface area contributed by atoms with Gasteiger partial charge in [-0.2, -0.15) is 0 Å². The van der Waals surface area contributed by atoms with E-state index >= 15 is 0 Å². The molecule has 0 bridgehead atoms. The fourth-order valence-corrected chi connectivity index (χ4v) is 2.04. The second-order valence-electron chi connectivity index (χ2n) is 4.15. The molecular weight excluding hydrogens is 234 g/mol. The number of methoxy groups -OCH3 is 1. The molecule has 1 aromatic carbocycles. The maximum absolute atomic E-state index is 11.4. The fraction of sp³-hybridized carbons (Fsp3) is 0.417. The molecule has 1 heterocycles. The number of carbonyl (C=O) groups is 1. The average Bonchev–Trinajstić information content (AvgIpc) is 2.38. The minimum absolute atomic E-state index is 0.298. The lowest BCUT2D eigenvalue weighted by molar-refractivity contribution is -0.121. The molecule has 0 aliphatic carbocycles. The Hall–Kier alpha value is -1.95. The van der Waals surface area contributed by atoms with Crippen molar-refractivity contribution < 1.29 is 14.3 Å². The summed E-state index contributed by atoms with van der Waals surface area (Å²) in [6.45, 7) is 1.45. The third-order valence-corrected chi connectivity index (χ3v) is 2.94. The topological polar surface area (TPSA) is 90.8 Å². The normalized spacial score (nSPS) is 19.6. The molecule has 98 valence electrons. The highest BCUT2D eigenvalue weighted by atomic mass is 16.5. The summed E-state index contributed by atoms with van der Waals surface area (Å²) in [5.41, 5.74) is 12.6. The van der Waals surface area contributed by atoms with Gasteiger partial charge in [0.25, 0.3) is 0 Å². The summed E-state index contributed by atoms with van der Waals surface area (Å²) >= 11 is 0. The number of benzene rings is 1. The highest BCUT2D eigenvalue weighted by Gasteiger charge is 2.28.